The topological polar surface area (TPSA) is 47.2 Å². The summed E-state index contributed by atoms with van der Waals surface area (Å²) in [4.78, 5) is 17.1. The molecule has 0 aliphatic rings. The first-order valence-electron chi connectivity index (χ1n) is 7.09. The molecule has 0 unspecified atom stereocenters. The number of aryl methyl sites for hydroxylation is 1. The highest BCUT2D eigenvalue weighted by Gasteiger charge is 2.09. The van der Waals surface area contributed by atoms with Crippen LogP contribution in [0, 0.1) is 5.82 Å². The molecule has 116 valence electrons. The van der Waals surface area contributed by atoms with Crippen molar-refractivity contribution in [3.05, 3.63) is 74.5 Å². The van der Waals surface area contributed by atoms with Gasteiger partial charge in [0.1, 0.15) is 11.6 Å². The summed E-state index contributed by atoms with van der Waals surface area (Å²) in [5, 5.41) is 4.68. The molecule has 23 heavy (non-hydrogen) atoms. The Morgan fingerprint density at radius 3 is 2.87 bits per heavy atom. The van der Waals surface area contributed by atoms with Crippen LogP contribution in [0.1, 0.15) is 18.3 Å². The van der Waals surface area contributed by atoms with Crippen molar-refractivity contribution in [1.82, 2.24) is 9.66 Å². The number of benzene rings is 2. The number of rotatable bonds is 3. The first kappa shape index (κ1) is 15.6. The zero-order chi connectivity index (χ0) is 16.4. The summed E-state index contributed by atoms with van der Waals surface area (Å²) < 4.78 is 15.3. The van der Waals surface area contributed by atoms with Crippen LogP contribution in [0.3, 0.4) is 0 Å². The van der Waals surface area contributed by atoms with Crippen LogP contribution in [0.2, 0.25) is 0 Å². The lowest BCUT2D eigenvalue weighted by Crippen LogP contribution is -2.22. The van der Waals surface area contributed by atoms with Gasteiger partial charge in [-0.25, -0.2) is 9.37 Å². The molecule has 0 fully saturated rings. The second-order valence-corrected chi connectivity index (χ2v) is 5.88. The van der Waals surface area contributed by atoms with E-state index in [0.717, 1.165) is 4.47 Å². The molecule has 0 spiro atoms. The number of fused-ring (bicyclic) bond motifs is 1. The van der Waals surface area contributed by atoms with Crippen LogP contribution in [-0.4, -0.2) is 15.9 Å². The Morgan fingerprint density at radius 1 is 1.30 bits per heavy atom. The summed E-state index contributed by atoms with van der Waals surface area (Å²) in [6.45, 7) is 1.90. The van der Waals surface area contributed by atoms with E-state index < -0.39 is 0 Å². The first-order valence-corrected chi connectivity index (χ1v) is 7.89. The molecule has 0 saturated carbocycles. The molecule has 0 aliphatic carbocycles. The maximum absolute atomic E-state index is 13.2. The molecule has 3 rings (SSSR count). The first-order chi connectivity index (χ1) is 11.1. The van der Waals surface area contributed by atoms with Gasteiger partial charge >= 0.3 is 0 Å². The van der Waals surface area contributed by atoms with E-state index in [0.29, 0.717) is 28.7 Å². The number of hydrogen-bond donors (Lipinski definition) is 0. The normalized spacial score (nSPS) is 11.4. The van der Waals surface area contributed by atoms with Crippen molar-refractivity contribution in [1.29, 1.82) is 0 Å². The van der Waals surface area contributed by atoms with Gasteiger partial charge in [-0.3, -0.25) is 4.79 Å². The lowest BCUT2D eigenvalue weighted by atomic mass is 10.2. The van der Waals surface area contributed by atoms with Gasteiger partial charge in [0.15, 0.2) is 0 Å². The molecule has 4 nitrogen and oxygen atoms in total. The van der Waals surface area contributed by atoms with Crippen LogP contribution in [-0.2, 0) is 6.42 Å². The zero-order valence-electron chi connectivity index (χ0n) is 12.3. The highest BCUT2D eigenvalue weighted by molar-refractivity contribution is 9.10. The summed E-state index contributed by atoms with van der Waals surface area (Å²) in [6.07, 6.45) is 2.01. The molecule has 2 aromatic carbocycles. The summed E-state index contributed by atoms with van der Waals surface area (Å²) in [6, 6.07) is 11.4. The lowest BCUT2D eigenvalue weighted by molar-refractivity contribution is 0.627. The molecule has 0 radical (unpaired) electrons. The Balaban J connectivity index is 2.16. The monoisotopic (exact) mass is 373 g/mol. The Hall–Kier alpha value is -2.34. The van der Waals surface area contributed by atoms with Gasteiger partial charge < -0.3 is 0 Å². The molecular formula is C17H13BrFN3O. The van der Waals surface area contributed by atoms with E-state index in [1.165, 1.54) is 23.0 Å². The molecule has 0 atom stereocenters. The van der Waals surface area contributed by atoms with Crippen molar-refractivity contribution in [2.24, 2.45) is 5.10 Å². The number of hydrogen-bond acceptors (Lipinski definition) is 3. The standard InChI is InChI=1S/C17H13BrFN3O/c1-2-16-21-15-7-6-12(18)9-14(15)17(23)22(16)20-10-11-4-3-5-13(19)8-11/h3-10H,2H2,1H3. The van der Waals surface area contributed by atoms with Gasteiger partial charge in [-0.2, -0.15) is 9.78 Å². The minimum Gasteiger partial charge on any atom is -0.267 e. The maximum atomic E-state index is 13.2. The Morgan fingerprint density at radius 2 is 2.13 bits per heavy atom. The highest BCUT2D eigenvalue weighted by atomic mass is 79.9. The van der Waals surface area contributed by atoms with Crippen molar-refractivity contribution in [2.45, 2.75) is 13.3 Å². The van der Waals surface area contributed by atoms with Crippen LogP contribution >= 0.6 is 15.9 Å². The van der Waals surface area contributed by atoms with Crippen LogP contribution in [0.25, 0.3) is 10.9 Å². The molecule has 6 heteroatoms. The molecule has 0 N–H and O–H groups in total. The summed E-state index contributed by atoms with van der Waals surface area (Å²) in [7, 11) is 0. The molecule has 0 saturated heterocycles. The fourth-order valence-electron chi connectivity index (χ4n) is 2.25. The smallest absolute Gasteiger partial charge is 0.267 e. The van der Waals surface area contributed by atoms with Crippen molar-refractivity contribution in [3.8, 4) is 0 Å². The maximum Gasteiger partial charge on any atom is 0.282 e. The third-order valence-electron chi connectivity index (χ3n) is 3.36. The largest absolute Gasteiger partial charge is 0.282 e. The molecule has 0 aliphatic heterocycles. The van der Waals surface area contributed by atoms with E-state index in [4.69, 9.17) is 0 Å². The predicted octanol–water partition coefficient (Wildman–Crippen LogP) is 3.74. The molecular weight excluding hydrogens is 361 g/mol. The van der Waals surface area contributed by atoms with Crippen LogP contribution < -0.4 is 5.56 Å². The number of nitrogens with zero attached hydrogens (tertiary/aromatic N) is 3. The van der Waals surface area contributed by atoms with E-state index in [2.05, 4.69) is 26.0 Å². The van der Waals surface area contributed by atoms with Crippen molar-refractivity contribution in [3.63, 3.8) is 0 Å². The average molecular weight is 374 g/mol. The van der Waals surface area contributed by atoms with Crippen LogP contribution in [0.5, 0.6) is 0 Å². The Bertz CT molecular complexity index is 966. The third-order valence-corrected chi connectivity index (χ3v) is 3.86. The van der Waals surface area contributed by atoms with E-state index in [1.54, 1.807) is 24.3 Å². The van der Waals surface area contributed by atoms with Crippen molar-refractivity contribution in [2.75, 3.05) is 0 Å². The predicted molar refractivity (Wildman–Crippen MR) is 92.5 cm³/mol. The molecule has 1 heterocycles. The van der Waals surface area contributed by atoms with Gasteiger partial charge in [-0.15, -0.1) is 0 Å². The molecule has 3 aromatic rings. The second kappa shape index (κ2) is 6.42. The molecule has 1 aromatic heterocycles. The van der Waals surface area contributed by atoms with Crippen LogP contribution in [0.15, 0.2) is 56.8 Å². The lowest BCUT2D eigenvalue weighted by Gasteiger charge is -2.07. The fourth-order valence-corrected chi connectivity index (χ4v) is 2.62. The van der Waals surface area contributed by atoms with E-state index in [9.17, 15) is 9.18 Å². The van der Waals surface area contributed by atoms with Crippen molar-refractivity contribution >= 4 is 33.0 Å². The number of aromatic nitrogens is 2. The van der Waals surface area contributed by atoms with E-state index >= 15 is 0 Å². The van der Waals surface area contributed by atoms with Gasteiger partial charge in [0.25, 0.3) is 5.56 Å². The average Bonchev–Trinajstić information content (AvgIpc) is 2.54. The minimum absolute atomic E-state index is 0.249. The zero-order valence-corrected chi connectivity index (χ0v) is 13.9. The Labute approximate surface area is 140 Å². The molecule has 0 bridgehead atoms. The number of halogens is 2. The summed E-state index contributed by atoms with van der Waals surface area (Å²) in [5.74, 6) is 0.204. The third kappa shape index (κ3) is 3.22. The second-order valence-electron chi connectivity index (χ2n) is 4.96. The van der Waals surface area contributed by atoms with Gasteiger partial charge in [-0.1, -0.05) is 35.0 Å². The summed E-state index contributed by atoms with van der Waals surface area (Å²) in [5.41, 5.74) is 0.960. The Kier molecular flexibility index (Phi) is 4.34. The minimum atomic E-state index is -0.349. The summed E-state index contributed by atoms with van der Waals surface area (Å²) >= 11 is 3.35. The van der Waals surface area contributed by atoms with Crippen LogP contribution in [0.4, 0.5) is 4.39 Å². The molecule has 0 amide bonds. The van der Waals surface area contributed by atoms with E-state index in [1.807, 2.05) is 13.0 Å². The van der Waals surface area contributed by atoms with Gasteiger partial charge in [0, 0.05) is 10.9 Å². The van der Waals surface area contributed by atoms with Crippen molar-refractivity contribution < 1.29 is 4.39 Å². The van der Waals surface area contributed by atoms with E-state index in [-0.39, 0.29) is 11.4 Å². The van der Waals surface area contributed by atoms with Gasteiger partial charge in [0.2, 0.25) is 0 Å². The van der Waals surface area contributed by atoms with Gasteiger partial charge in [0.05, 0.1) is 17.1 Å². The quantitative estimate of drug-likeness (QED) is 0.656. The SMILES string of the molecule is CCc1nc2ccc(Br)cc2c(=O)n1N=Cc1cccc(F)c1. The highest BCUT2D eigenvalue weighted by Crippen LogP contribution is 2.16. The fraction of sp³-hybridized carbons (Fsp3) is 0.118. The van der Waals surface area contributed by atoms with Gasteiger partial charge in [-0.05, 0) is 35.9 Å².